The molecule has 0 aliphatic heterocycles. The number of halogens is 2. The lowest BCUT2D eigenvalue weighted by atomic mass is 9.99. The van der Waals surface area contributed by atoms with Crippen molar-refractivity contribution in [2.24, 2.45) is 0 Å². The summed E-state index contributed by atoms with van der Waals surface area (Å²) in [6, 6.07) is 41.9. The highest BCUT2D eigenvalue weighted by Gasteiger charge is 2.15. The first kappa shape index (κ1) is 43.9. The molecule has 0 aliphatic carbocycles. The molecule has 0 atom stereocenters. The van der Waals surface area contributed by atoms with Crippen LogP contribution in [0.2, 0.25) is 0 Å². The number of unbranched alkanes of at least 4 members (excludes halogenated alkanes) is 4. The van der Waals surface area contributed by atoms with Crippen molar-refractivity contribution >= 4 is 59.5 Å². The summed E-state index contributed by atoms with van der Waals surface area (Å²) in [5.74, 6) is 0. The predicted octanol–water partition coefficient (Wildman–Crippen LogP) is 8.25. The van der Waals surface area contributed by atoms with E-state index >= 15 is 0 Å². The highest BCUT2D eigenvalue weighted by molar-refractivity contribution is 7.80. The molecule has 0 fully saturated rings. The van der Waals surface area contributed by atoms with E-state index in [0.717, 1.165) is 52.1 Å². The number of thiocarbonyl (C=S) groups is 2. The van der Waals surface area contributed by atoms with E-state index in [1.165, 1.54) is 54.4 Å². The molecule has 4 aromatic rings. The molecule has 0 saturated heterocycles. The first-order valence-corrected chi connectivity index (χ1v) is 18.7. The van der Waals surface area contributed by atoms with Crippen molar-refractivity contribution in [2.75, 3.05) is 39.3 Å². The van der Waals surface area contributed by atoms with Crippen molar-refractivity contribution in [3.05, 3.63) is 144 Å². The van der Waals surface area contributed by atoms with Crippen molar-refractivity contribution in [1.82, 2.24) is 31.9 Å². The average Bonchev–Trinajstić information content (AvgIpc) is 3.15. The Kier molecular flexibility index (Phi) is 23.6. The van der Waals surface area contributed by atoms with Gasteiger partial charge in [0.05, 0.1) is 12.1 Å². The van der Waals surface area contributed by atoms with Gasteiger partial charge in [0.1, 0.15) is 0 Å². The summed E-state index contributed by atoms with van der Waals surface area (Å²) < 4.78 is 0. The Labute approximate surface area is 329 Å². The number of nitrogens with one attached hydrogen (secondary N) is 6. The summed E-state index contributed by atoms with van der Waals surface area (Å²) >= 11 is 11.3. The maximum absolute atomic E-state index is 5.63. The lowest BCUT2D eigenvalue weighted by molar-refractivity contribution is 0.546. The summed E-state index contributed by atoms with van der Waals surface area (Å²) in [6.45, 7) is 5.85. The van der Waals surface area contributed by atoms with Crippen LogP contribution in [0.3, 0.4) is 0 Å². The van der Waals surface area contributed by atoms with Gasteiger partial charge in [-0.15, -0.1) is 24.8 Å². The van der Waals surface area contributed by atoms with Gasteiger partial charge >= 0.3 is 0 Å². The van der Waals surface area contributed by atoms with E-state index < -0.39 is 0 Å². The van der Waals surface area contributed by atoms with Crippen LogP contribution in [-0.2, 0) is 0 Å². The maximum atomic E-state index is 5.63. The van der Waals surface area contributed by atoms with Crippen LogP contribution >= 0.6 is 49.2 Å². The van der Waals surface area contributed by atoms with Gasteiger partial charge in [0.2, 0.25) is 0 Å². The topological polar surface area (TPSA) is 72.2 Å². The molecule has 4 aromatic carbocycles. The first-order chi connectivity index (χ1) is 24.2. The molecule has 0 aliphatic rings. The van der Waals surface area contributed by atoms with E-state index in [4.69, 9.17) is 24.4 Å². The highest BCUT2D eigenvalue weighted by Crippen LogP contribution is 2.22. The molecule has 0 spiro atoms. The normalized spacial score (nSPS) is 10.5. The Bertz CT molecular complexity index is 1260. The fourth-order valence-electron chi connectivity index (χ4n) is 5.78. The van der Waals surface area contributed by atoms with Gasteiger partial charge in [-0.2, -0.15) is 0 Å². The van der Waals surface area contributed by atoms with Crippen molar-refractivity contribution in [3.63, 3.8) is 0 Å². The lowest BCUT2D eigenvalue weighted by Gasteiger charge is -2.22. The van der Waals surface area contributed by atoms with Gasteiger partial charge in [0.25, 0.3) is 0 Å². The van der Waals surface area contributed by atoms with E-state index in [1.54, 1.807) is 0 Å². The molecule has 276 valence electrons. The number of hydrogen-bond acceptors (Lipinski definition) is 4. The van der Waals surface area contributed by atoms with Crippen molar-refractivity contribution < 1.29 is 0 Å². The molecular weight excluding hydrogens is 712 g/mol. The van der Waals surface area contributed by atoms with Crippen molar-refractivity contribution in [2.45, 2.75) is 57.0 Å². The Hall–Kier alpha value is -3.24. The molecule has 0 radical (unpaired) electrons. The van der Waals surface area contributed by atoms with Crippen LogP contribution in [0.1, 0.15) is 79.3 Å². The second-order valence-electron chi connectivity index (χ2n) is 12.3. The Morgan fingerprint density at radius 1 is 0.373 bits per heavy atom. The van der Waals surface area contributed by atoms with Crippen LogP contribution in [0.5, 0.6) is 0 Å². The second kappa shape index (κ2) is 27.4. The van der Waals surface area contributed by atoms with Crippen LogP contribution in [0, 0.1) is 0 Å². The lowest BCUT2D eigenvalue weighted by Crippen LogP contribution is -2.39. The van der Waals surface area contributed by atoms with Gasteiger partial charge in [-0.3, -0.25) is 0 Å². The third-order valence-electron chi connectivity index (χ3n) is 8.42. The van der Waals surface area contributed by atoms with Crippen molar-refractivity contribution in [1.29, 1.82) is 0 Å². The number of hydrogen-bond donors (Lipinski definition) is 6. The van der Waals surface area contributed by atoms with Gasteiger partial charge < -0.3 is 31.9 Å². The minimum absolute atomic E-state index is 0. The summed E-state index contributed by atoms with van der Waals surface area (Å²) in [5, 5.41) is 22.3. The van der Waals surface area contributed by atoms with Crippen LogP contribution < -0.4 is 31.9 Å². The van der Waals surface area contributed by atoms with E-state index in [2.05, 4.69) is 129 Å². The third kappa shape index (κ3) is 17.7. The fraction of sp³-hybridized carbons (Fsp3) is 0.366. The molecule has 0 heterocycles. The predicted molar refractivity (Wildman–Crippen MR) is 229 cm³/mol. The zero-order chi connectivity index (χ0) is 34.2. The standard InChI is InChI=1S/C41H54N6S2.2ClH/c48-40(46-38(34-20-8-4-9-21-34)35-22-10-5-11-23-35)44-32-18-30-42-28-16-2-1-3-17-29-43-31-19-33-45-41(49)47-39(36-24-12-6-13-25-36)37-26-14-7-15-27-37;;/h4-15,20-27,38-39,42-43H,1-3,16-19,28-33H2,(H2,44,46,48)(H2,45,47,49);2*1H. The highest BCUT2D eigenvalue weighted by atomic mass is 35.5. The Morgan fingerprint density at radius 3 is 0.961 bits per heavy atom. The molecule has 0 bridgehead atoms. The zero-order valence-electron chi connectivity index (χ0n) is 29.5. The largest absolute Gasteiger partial charge is 0.363 e. The number of benzene rings is 4. The molecule has 0 saturated carbocycles. The SMILES string of the molecule is Cl.Cl.S=C(NCCCNCCCCCCCNCCCNC(=S)NC(c1ccccc1)c1ccccc1)NC(c1ccccc1)c1ccccc1. The maximum Gasteiger partial charge on any atom is 0.167 e. The van der Waals surface area contributed by atoms with Gasteiger partial charge in [-0.1, -0.05) is 141 Å². The minimum Gasteiger partial charge on any atom is -0.363 e. The third-order valence-corrected chi connectivity index (χ3v) is 8.95. The molecule has 0 unspecified atom stereocenters. The van der Waals surface area contributed by atoms with Gasteiger partial charge in [-0.25, -0.2) is 0 Å². The van der Waals surface area contributed by atoms with Crippen molar-refractivity contribution in [3.8, 4) is 0 Å². The van der Waals surface area contributed by atoms with Gasteiger partial charge in [0, 0.05) is 13.1 Å². The van der Waals surface area contributed by atoms with Gasteiger partial charge in [0.15, 0.2) is 10.2 Å². The van der Waals surface area contributed by atoms with Crippen LogP contribution in [0.15, 0.2) is 121 Å². The molecule has 6 N–H and O–H groups in total. The van der Waals surface area contributed by atoms with E-state index in [-0.39, 0.29) is 36.9 Å². The quantitative estimate of drug-likeness (QED) is 0.0353. The summed E-state index contributed by atoms with van der Waals surface area (Å²) in [4.78, 5) is 0. The summed E-state index contributed by atoms with van der Waals surface area (Å²) in [6.07, 6.45) is 8.38. The van der Waals surface area contributed by atoms with E-state index in [9.17, 15) is 0 Å². The molecule has 10 heteroatoms. The summed E-state index contributed by atoms with van der Waals surface area (Å²) in [5.41, 5.74) is 4.80. The average molecular weight is 768 g/mol. The second-order valence-corrected chi connectivity index (χ2v) is 13.1. The van der Waals surface area contributed by atoms with E-state index in [0.29, 0.717) is 10.2 Å². The molecular formula is C41H56Cl2N6S2. The first-order valence-electron chi connectivity index (χ1n) is 17.9. The molecule has 6 nitrogen and oxygen atoms in total. The van der Waals surface area contributed by atoms with Crippen LogP contribution in [0.4, 0.5) is 0 Å². The fourth-order valence-corrected chi connectivity index (χ4v) is 6.22. The zero-order valence-corrected chi connectivity index (χ0v) is 32.8. The van der Waals surface area contributed by atoms with Gasteiger partial charge in [-0.05, 0) is 98.6 Å². The summed E-state index contributed by atoms with van der Waals surface area (Å²) in [7, 11) is 0. The Morgan fingerprint density at radius 2 is 0.647 bits per heavy atom. The minimum atomic E-state index is 0. The molecule has 0 amide bonds. The van der Waals surface area contributed by atoms with E-state index in [1.807, 2.05) is 24.3 Å². The smallest absolute Gasteiger partial charge is 0.167 e. The molecule has 51 heavy (non-hydrogen) atoms. The Balaban J connectivity index is 0.00000451. The number of rotatable bonds is 22. The van der Waals surface area contributed by atoms with Crippen LogP contribution in [-0.4, -0.2) is 49.5 Å². The molecule has 4 rings (SSSR count). The monoisotopic (exact) mass is 766 g/mol. The molecule has 0 aromatic heterocycles. The van der Waals surface area contributed by atoms with Crippen LogP contribution in [0.25, 0.3) is 0 Å².